The van der Waals surface area contributed by atoms with Gasteiger partial charge in [-0.25, -0.2) is 4.98 Å². The molecule has 1 amide bonds. The van der Waals surface area contributed by atoms with Crippen LogP contribution in [0.15, 0.2) is 47.7 Å². The molecule has 0 atom stereocenters. The van der Waals surface area contributed by atoms with Crippen molar-refractivity contribution in [3.8, 4) is 0 Å². The molecule has 0 saturated heterocycles. The van der Waals surface area contributed by atoms with Gasteiger partial charge in [-0.15, -0.1) is 0 Å². The lowest BCUT2D eigenvalue weighted by molar-refractivity contribution is -0.120. The first-order valence-electron chi connectivity index (χ1n) is 6.41. The van der Waals surface area contributed by atoms with Gasteiger partial charge in [-0.05, 0) is 23.8 Å². The molecule has 0 N–H and O–H groups in total. The van der Waals surface area contributed by atoms with Crippen molar-refractivity contribution in [2.75, 3.05) is 0 Å². The molecule has 104 valence electrons. The summed E-state index contributed by atoms with van der Waals surface area (Å²) in [5, 5.41) is 0.465. The normalized spacial score (nSPS) is 11.9. The molecular formula is C15H16ClN3O. The lowest BCUT2D eigenvalue weighted by atomic mass is 10.2. The van der Waals surface area contributed by atoms with E-state index in [-0.39, 0.29) is 11.8 Å². The van der Waals surface area contributed by atoms with Gasteiger partial charge in [-0.1, -0.05) is 37.6 Å². The van der Waals surface area contributed by atoms with Crippen LogP contribution in [0.2, 0.25) is 5.15 Å². The fourth-order valence-corrected chi connectivity index (χ4v) is 1.75. The highest BCUT2D eigenvalue weighted by Crippen LogP contribution is 2.06. The Morgan fingerprint density at radius 1 is 1.35 bits per heavy atom. The maximum absolute atomic E-state index is 11.8. The molecule has 0 saturated carbocycles. The van der Waals surface area contributed by atoms with E-state index in [1.807, 2.05) is 48.9 Å². The van der Waals surface area contributed by atoms with Crippen LogP contribution in [-0.2, 0) is 11.3 Å². The Morgan fingerprint density at radius 2 is 2.15 bits per heavy atom. The zero-order chi connectivity index (χ0) is 14.5. The molecule has 0 spiro atoms. The van der Waals surface area contributed by atoms with Gasteiger partial charge in [0.15, 0.2) is 0 Å². The summed E-state index contributed by atoms with van der Waals surface area (Å²) < 4.78 is 1.91. The van der Waals surface area contributed by atoms with E-state index in [4.69, 9.17) is 11.6 Å². The quantitative estimate of drug-likeness (QED) is 0.816. The third-order valence-electron chi connectivity index (χ3n) is 2.78. The number of carbonyl (C=O) groups excluding carboxylic acids is 1. The number of hydrogen-bond donors (Lipinski definition) is 0. The van der Waals surface area contributed by atoms with Crippen molar-refractivity contribution in [3.05, 3.63) is 58.9 Å². The molecule has 0 aromatic carbocycles. The highest BCUT2D eigenvalue weighted by atomic mass is 35.5. The van der Waals surface area contributed by atoms with Gasteiger partial charge in [0.2, 0.25) is 5.91 Å². The van der Waals surface area contributed by atoms with Crippen LogP contribution in [0.25, 0.3) is 0 Å². The summed E-state index contributed by atoms with van der Waals surface area (Å²) in [6.07, 6.45) is 3.61. The molecule has 5 heteroatoms. The highest BCUT2D eigenvalue weighted by molar-refractivity contribution is 6.29. The molecule has 0 unspecified atom stereocenters. The molecule has 0 bridgehead atoms. The van der Waals surface area contributed by atoms with Crippen LogP contribution in [0, 0.1) is 5.92 Å². The lowest BCUT2D eigenvalue weighted by Crippen LogP contribution is -2.23. The molecule has 0 fully saturated rings. The van der Waals surface area contributed by atoms with Gasteiger partial charge >= 0.3 is 0 Å². The van der Waals surface area contributed by atoms with Crippen LogP contribution in [0.5, 0.6) is 0 Å². The predicted molar refractivity (Wildman–Crippen MR) is 78.2 cm³/mol. The maximum Gasteiger partial charge on any atom is 0.250 e. The van der Waals surface area contributed by atoms with E-state index < -0.39 is 0 Å². The Labute approximate surface area is 122 Å². The first-order chi connectivity index (χ1) is 9.56. The van der Waals surface area contributed by atoms with E-state index in [9.17, 15) is 4.79 Å². The Kier molecular flexibility index (Phi) is 4.69. The average Bonchev–Trinajstić information content (AvgIpc) is 2.43. The fraction of sp³-hybridized carbons (Fsp3) is 0.267. The van der Waals surface area contributed by atoms with E-state index in [0.29, 0.717) is 17.2 Å². The Balaban J connectivity index is 2.33. The number of rotatable bonds is 3. The van der Waals surface area contributed by atoms with Gasteiger partial charge in [0, 0.05) is 18.3 Å². The molecule has 2 heterocycles. The predicted octanol–water partition coefficient (Wildman–Crippen LogP) is 2.67. The minimum absolute atomic E-state index is 0.110. The molecule has 0 aliphatic rings. The molecule has 20 heavy (non-hydrogen) atoms. The summed E-state index contributed by atoms with van der Waals surface area (Å²) >= 11 is 5.77. The van der Waals surface area contributed by atoms with Crippen molar-refractivity contribution < 1.29 is 4.79 Å². The summed E-state index contributed by atoms with van der Waals surface area (Å²) in [6, 6.07) is 9.24. The number of pyridine rings is 2. The van der Waals surface area contributed by atoms with Gasteiger partial charge < -0.3 is 4.57 Å². The van der Waals surface area contributed by atoms with Crippen molar-refractivity contribution in [1.29, 1.82) is 0 Å². The SMILES string of the molecule is CC(C)C(=O)N=c1ccccn1Cc1ccc(Cl)nc1. The van der Waals surface area contributed by atoms with Crippen LogP contribution in [0.3, 0.4) is 0 Å². The molecule has 4 nitrogen and oxygen atoms in total. The van der Waals surface area contributed by atoms with E-state index in [1.54, 1.807) is 12.3 Å². The molecule has 0 aliphatic carbocycles. The second-order valence-corrected chi connectivity index (χ2v) is 5.17. The van der Waals surface area contributed by atoms with E-state index in [1.165, 1.54) is 0 Å². The Morgan fingerprint density at radius 3 is 2.80 bits per heavy atom. The molecule has 2 aromatic rings. The lowest BCUT2D eigenvalue weighted by Gasteiger charge is -2.07. The van der Waals surface area contributed by atoms with E-state index in [0.717, 1.165) is 5.56 Å². The number of nitrogens with zero attached hydrogens (tertiary/aromatic N) is 3. The summed E-state index contributed by atoms with van der Waals surface area (Å²) in [5.74, 6) is -0.236. The Bertz CT molecular complexity index is 659. The standard InChI is InChI=1S/C15H16ClN3O/c1-11(2)15(20)18-14-5-3-4-8-19(14)10-12-6-7-13(16)17-9-12/h3-9,11H,10H2,1-2H3. The molecular weight excluding hydrogens is 274 g/mol. The van der Waals surface area contributed by atoms with E-state index in [2.05, 4.69) is 9.98 Å². The third-order valence-corrected chi connectivity index (χ3v) is 3.00. The zero-order valence-electron chi connectivity index (χ0n) is 11.5. The number of amides is 1. The average molecular weight is 290 g/mol. The minimum atomic E-state index is -0.126. The second-order valence-electron chi connectivity index (χ2n) is 4.78. The van der Waals surface area contributed by atoms with Crippen LogP contribution in [-0.4, -0.2) is 15.5 Å². The smallest absolute Gasteiger partial charge is 0.250 e. The first-order valence-corrected chi connectivity index (χ1v) is 6.78. The van der Waals surface area contributed by atoms with Gasteiger partial charge in [-0.2, -0.15) is 4.99 Å². The maximum atomic E-state index is 11.8. The van der Waals surface area contributed by atoms with Gasteiger partial charge in [-0.3, -0.25) is 4.79 Å². The van der Waals surface area contributed by atoms with Crippen molar-refractivity contribution in [1.82, 2.24) is 9.55 Å². The number of hydrogen-bond acceptors (Lipinski definition) is 2. The molecule has 0 radical (unpaired) electrons. The molecule has 2 aromatic heterocycles. The number of halogens is 1. The van der Waals surface area contributed by atoms with Crippen molar-refractivity contribution in [2.24, 2.45) is 10.9 Å². The van der Waals surface area contributed by atoms with Crippen LogP contribution >= 0.6 is 11.6 Å². The van der Waals surface area contributed by atoms with Gasteiger partial charge in [0.1, 0.15) is 10.6 Å². The largest absolute Gasteiger partial charge is 0.328 e. The van der Waals surface area contributed by atoms with Crippen molar-refractivity contribution >= 4 is 17.5 Å². The van der Waals surface area contributed by atoms with Crippen LogP contribution in [0.1, 0.15) is 19.4 Å². The fourth-order valence-electron chi connectivity index (χ4n) is 1.64. The van der Waals surface area contributed by atoms with Gasteiger partial charge in [0.05, 0.1) is 6.54 Å². The molecule has 2 rings (SSSR count). The first kappa shape index (κ1) is 14.5. The van der Waals surface area contributed by atoms with E-state index >= 15 is 0 Å². The third kappa shape index (κ3) is 3.78. The summed E-state index contributed by atoms with van der Waals surface area (Å²) in [6.45, 7) is 4.26. The van der Waals surface area contributed by atoms with Crippen molar-refractivity contribution in [2.45, 2.75) is 20.4 Å². The summed E-state index contributed by atoms with van der Waals surface area (Å²) in [5.41, 5.74) is 1.64. The summed E-state index contributed by atoms with van der Waals surface area (Å²) in [4.78, 5) is 20.0. The van der Waals surface area contributed by atoms with Crippen molar-refractivity contribution in [3.63, 3.8) is 0 Å². The topological polar surface area (TPSA) is 47.2 Å². The van der Waals surface area contributed by atoms with Crippen LogP contribution < -0.4 is 5.49 Å². The number of aromatic nitrogens is 2. The minimum Gasteiger partial charge on any atom is -0.328 e. The number of carbonyl (C=O) groups is 1. The van der Waals surface area contributed by atoms with Gasteiger partial charge in [0.25, 0.3) is 0 Å². The van der Waals surface area contributed by atoms with Crippen LogP contribution in [0.4, 0.5) is 0 Å². The molecule has 0 aliphatic heterocycles. The zero-order valence-corrected chi connectivity index (χ0v) is 12.2. The highest BCUT2D eigenvalue weighted by Gasteiger charge is 2.05. The monoisotopic (exact) mass is 289 g/mol. The summed E-state index contributed by atoms with van der Waals surface area (Å²) in [7, 11) is 0. The second kappa shape index (κ2) is 6.48. The Hall–Kier alpha value is -1.94.